The summed E-state index contributed by atoms with van der Waals surface area (Å²) in [5.74, 6) is 0.597. The highest BCUT2D eigenvalue weighted by Gasteiger charge is 2.15. The number of esters is 2. The largest absolute Gasteiger partial charge is 0.463 e. The zero-order valence-electron chi connectivity index (χ0n) is 18.6. The van der Waals surface area contributed by atoms with Crippen molar-refractivity contribution in [1.29, 1.82) is 0 Å². The van der Waals surface area contributed by atoms with Crippen molar-refractivity contribution in [3.05, 3.63) is 0 Å². The monoisotopic (exact) mass is 470 g/mol. The van der Waals surface area contributed by atoms with Crippen LogP contribution in [0.5, 0.6) is 0 Å². The quantitative estimate of drug-likeness (QED) is 0.176. The number of carbonyl (C=O) groups excluding carboxylic acids is 2. The fourth-order valence-electron chi connectivity index (χ4n) is 1.95. The van der Waals surface area contributed by atoms with Gasteiger partial charge in [-0.15, -0.1) is 0 Å². The molecule has 8 nitrogen and oxygen atoms in total. The summed E-state index contributed by atoms with van der Waals surface area (Å²) in [6, 6.07) is 0. The van der Waals surface area contributed by atoms with Gasteiger partial charge in [-0.2, -0.15) is 0 Å². The van der Waals surface area contributed by atoms with Crippen molar-refractivity contribution in [2.75, 3.05) is 44.5 Å². The number of carbonyl (C=O) groups is 2. The van der Waals surface area contributed by atoms with Crippen LogP contribution in [0.1, 0.15) is 53.4 Å². The maximum absolute atomic E-state index is 11.7. The van der Waals surface area contributed by atoms with E-state index < -0.39 is 17.8 Å². The summed E-state index contributed by atoms with van der Waals surface area (Å²) >= 11 is 0. The maximum atomic E-state index is 11.7. The fraction of sp³-hybridized carbons (Fsp3) is 0.900. The summed E-state index contributed by atoms with van der Waals surface area (Å²) in [7, 11) is 3.01. The van der Waals surface area contributed by atoms with Crippen LogP contribution in [0, 0.1) is 0 Å². The van der Waals surface area contributed by atoms with Crippen LogP contribution >= 0.6 is 21.6 Å². The van der Waals surface area contributed by atoms with Crippen LogP contribution in [0.2, 0.25) is 0 Å². The zero-order chi connectivity index (χ0) is 22.8. The van der Waals surface area contributed by atoms with Gasteiger partial charge in [-0.05, 0) is 40.5 Å². The molecule has 0 aromatic carbocycles. The summed E-state index contributed by atoms with van der Waals surface area (Å²) in [5, 5.41) is 18.8. The van der Waals surface area contributed by atoms with Gasteiger partial charge in [0.2, 0.25) is 0 Å². The third-order valence-electron chi connectivity index (χ3n) is 3.22. The van der Waals surface area contributed by atoms with E-state index in [-0.39, 0.29) is 31.6 Å². The van der Waals surface area contributed by atoms with Crippen molar-refractivity contribution in [2.45, 2.75) is 71.2 Å². The first-order valence-electron chi connectivity index (χ1n) is 10.2. The molecule has 2 unspecified atom stereocenters. The molecule has 10 heteroatoms. The third-order valence-corrected chi connectivity index (χ3v) is 5.62. The standard InChI is InChI=1S/C20H38O8S2/c1-16(21)13-25-9-5-6-10-26-14-17(22)15-27-18(23)7-11-29-30-12-8-19(24)28-20(2,3)4/h16-17,21-22H,5-15H2,1-4H3. The first kappa shape index (κ1) is 29.5. The minimum absolute atomic E-state index is 0.0905. The van der Waals surface area contributed by atoms with Crippen molar-refractivity contribution in [1.82, 2.24) is 0 Å². The van der Waals surface area contributed by atoms with Crippen molar-refractivity contribution in [3.63, 3.8) is 0 Å². The fourth-order valence-corrected chi connectivity index (χ4v) is 3.89. The Labute approximate surface area is 188 Å². The second kappa shape index (κ2) is 18.1. The van der Waals surface area contributed by atoms with E-state index in [4.69, 9.17) is 24.1 Å². The lowest BCUT2D eigenvalue weighted by atomic mass is 10.2. The molecule has 0 radical (unpaired) electrons. The molecule has 0 fully saturated rings. The molecule has 0 saturated carbocycles. The Balaban J connectivity index is 3.48. The summed E-state index contributed by atoms with van der Waals surface area (Å²) in [6.07, 6.45) is 0.863. The molecule has 0 heterocycles. The minimum Gasteiger partial charge on any atom is -0.463 e. The van der Waals surface area contributed by atoms with Crippen LogP contribution in [0.25, 0.3) is 0 Å². The molecule has 178 valence electrons. The number of aliphatic hydroxyl groups excluding tert-OH is 2. The highest BCUT2D eigenvalue weighted by Crippen LogP contribution is 2.23. The second-order valence-electron chi connectivity index (χ2n) is 7.77. The molecule has 2 N–H and O–H groups in total. The lowest BCUT2D eigenvalue weighted by Gasteiger charge is -2.19. The SMILES string of the molecule is CC(O)COCCCCOCC(O)COC(=O)CCSSCCC(=O)OC(C)(C)C. The van der Waals surface area contributed by atoms with Crippen LogP contribution < -0.4 is 0 Å². The van der Waals surface area contributed by atoms with Crippen LogP contribution in [0.4, 0.5) is 0 Å². The average Bonchev–Trinajstić information content (AvgIpc) is 2.63. The van der Waals surface area contributed by atoms with Crippen molar-refractivity contribution >= 4 is 33.5 Å². The normalized spacial score (nSPS) is 13.7. The Bertz CT molecular complexity index is 455. The second-order valence-corrected chi connectivity index (χ2v) is 10.5. The highest BCUT2D eigenvalue weighted by molar-refractivity contribution is 8.76. The molecule has 0 aliphatic carbocycles. The number of unbranched alkanes of at least 4 members (excludes halogenated alkanes) is 1. The van der Waals surface area contributed by atoms with E-state index in [0.29, 0.717) is 37.7 Å². The van der Waals surface area contributed by atoms with Gasteiger partial charge in [0.1, 0.15) is 18.3 Å². The van der Waals surface area contributed by atoms with E-state index in [1.807, 2.05) is 20.8 Å². The molecule has 0 aromatic heterocycles. The molecular formula is C20H38O8S2. The molecule has 0 bridgehead atoms. The number of aliphatic hydroxyl groups is 2. The summed E-state index contributed by atoms with van der Waals surface area (Å²) in [4.78, 5) is 23.2. The first-order chi connectivity index (χ1) is 14.1. The molecule has 0 aliphatic rings. The van der Waals surface area contributed by atoms with Crippen LogP contribution in [0.3, 0.4) is 0 Å². The van der Waals surface area contributed by atoms with Gasteiger partial charge in [0.25, 0.3) is 0 Å². The lowest BCUT2D eigenvalue weighted by Crippen LogP contribution is -2.24. The van der Waals surface area contributed by atoms with E-state index in [9.17, 15) is 14.7 Å². The molecule has 0 amide bonds. The molecule has 0 saturated heterocycles. The van der Waals surface area contributed by atoms with Gasteiger partial charge >= 0.3 is 11.9 Å². The van der Waals surface area contributed by atoms with Gasteiger partial charge in [-0.1, -0.05) is 21.6 Å². The number of hydrogen-bond donors (Lipinski definition) is 2. The molecule has 0 rings (SSSR count). The van der Waals surface area contributed by atoms with E-state index in [1.165, 1.54) is 21.6 Å². The van der Waals surface area contributed by atoms with Crippen molar-refractivity contribution < 1.29 is 38.7 Å². The molecular weight excluding hydrogens is 432 g/mol. The van der Waals surface area contributed by atoms with Gasteiger partial charge in [0, 0.05) is 24.7 Å². The van der Waals surface area contributed by atoms with E-state index in [1.54, 1.807) is 6.92 Å². The predicted molar refractivity (Wildman–Crippen MR) is 120 cm³/mol. The summed E-state index contributed by atoms with van der Waals surface area (Å²) < 4.78 is 20.8. The van der Waals surface area contributed by atoms with Gasteiger partial charge in [0.05, 0.1) is 32.2 Å². The molecule has 0 aromatic rings. The Morgan fingerprint density at radius 3 is 1.93 bits per heavy atom. The molecule has 2 atom stereocenters. The van der Waals surface area contributed by atoms with Crippen molar-refractivity contribution in [3.8, 4) is 0 Å². The smallest absolute Gasteiger partial charge is 0.307 e. The topological polar surface area (TPSA) is 112 Å². The maximum Gasteiger partial charge on any atom is 0.307 e. The Kier molecular flexibility index (Phi) is 17.8. The predicted octanol–water partition coefficient (Wildman–Crippen LogP) is 2.59. The minimum atomic E-state index is -0.851. The molecule has 0 spiro atoms. The van der Waals surface area contributed by atoms with Crippen LogP contribution in [-0.2, 0) is 28.5 Å². The summed E-state index contributed by atoms with van der Waals surface area (Å²) in [5.41, 5.74) is -0.469. The summed E-state index contributed by atoms with van der Waals surface area (Å²) in [6.45, 7) is 8.56. The van der Waals surface area contributed by atoms with Gasteiger partial charge in [-0.25, -0.2) is 0 Å². The van der Waals surface area contributed by atoms with Gasteiger partial charge in [0.15, 0.2) is 0 Å². The van der Waals surface area contributed by atoms with E-state index in [0.717, 1.165) is 12.8 Å². The number of rotatable bonds is 18. The van der Waals surface area contributed by atoms with Crippen molar-refractivity contribution in [2.24, 2.45) is 0 Å². The van der Waals surface area contributed by atoms with E-state index >= 15 is 0 Å². The molecule has 30 heavy (non-hydrogen) atoms. The highest BCUT2D eigenvalue weighted by atomic mass is 33.1. The Hall–Kier alpha value is -0.520. The van der Waals surface area contributed by atoms with Gasteiger partial charge in [-0.3, -0.25) is 9.59 Å². The number of ether oxygens (including phenoxy) is 4. The van der Waals surface area contributed by atoms with Gasteiger partial charge < -0.3 is 29.2 Å². The Morgan fingerprint density at radius 1 is 0.867 bits per heavy atom. The zero-order valence-corrected chi connectivity index (χ0v) is 20.2. The Morgan fingerprint density at radius 2 is 1.40 bits per heavy atom. The van der Waals surface area contributed by atoms with E-state index in [2.05, 4.69) is 0 Å². The lowest BCUT2D eigenvalue weighted by molar-refractivity contribution is -0.154. The molecule has 0 aliphatic heterocycles. The number of hydrogen-bond acceptors (Lipinski definition) is 10. The third kappa shape index (κ3) is 22.2. The first-order valence-corrected chi connectivity index (χ1v) is 12.7. The van der Waals surface area contributed by atoms with Crippen LogP contribution in [0.15, 0.2) is 0 Å². The average molecular weight is 471 g/mol. The van der Waals surface area contributed by atoms with Crippen LogP contribution in [-0.4, -0.2) is 84.5 Å².